The first-order valence-corrected chi connectivity index (χ1v) is 5.87. The van der Waals surface area contributed by atoms with Crippen molar-refractivity contribution in [2.45, 2.75) is 33.6 Å². The summed E-state index contributed by atoms with van der Waals surface area (Å²) in [6.45, 7) is 9.39. The third-order valence-electron chi connectivity index (χ3n) is 3.46. The maximum Gasteiger partial charge on any atom is 0.122 e. The van der Waals surface area contributed by atoms with Crippen molar-refractivity contribution in [3.63, 3.8) is 0 Å². The van der Waals surface area contributed by atoms with Crippen LogP contribution in [0, 0.1) is 19.8 Å². The molecule has 0 fully saturated rings. The van der Waals surface area contributed by atoms with E-state index in [0.29, 0.717) is 18.4 Å². The van der Waals surface area contributed by atoms with Gasteiger partial charge in [0, 0.05) is 0 Å². The highest BCUT2D eigenvalue weighted by Crippen LogP contribution is 2.31. The minimum Gasteiger partial charge on any atom is -0.496 e. The molecule has 0 aliphatic heterocycles. The summed E-state index contributed by atoms with van der Waals surface area (Å²) in [7, 11) is 1.71. The molecule has 0 bridgehead atoms. The highest BCUT2D eigenvalue weighted by Gasteiger charge is 2.18. The van der Waals surface area contributed by atoms with Crippen LogP contribution in [0.15, 0.2) is 12.1 Å². The minimum atomic E-state index is 0.435. The third-order valence-corrected chi connectivity index (χ3v) is 3.46. The molecule has 0 heterocycles. The van der Waals surface area contributed by atoms with Crippen LogP contribution in [0.4, 0.5) is 0 Å². The Morgan fingerprint density at radius 1 is 1.19 bits per heavy atom. The van der Waals surface area contributed by atoms with Gasteiger partial charge in [-0.1, -0.05) is 19.9 Å². The van der Waals surface area contributed by atoms with Crippen LogP contribution in [-0.4, -0.2) is 13.7 Å². The summed E-state index contributed by atoms with van der Waals surface area (Å²) in [5.41, 5.74) is 9.75. The van der Waals surface area contributed by atoms with Crippen molar-refractivity contribution in [1.82, 2.24) is 0 Å². The van der Waals surface area contributed by atoms with E-state index in [-0.39, 0.29) is 0 Å². The van der Waals surface area contributed by atoms with Crippen LogP contribution < -0.4 is 10.5 Å². The van der Waals surface area contributed by atoms with Gasteiger partial charge in [0.05, 0.1) is 7.11 Å². The predicted octanol–water partition coefficient (Wildman–Crippen LogP) is 3.01. The van der Waals surface area contributed by atoms with Gasteiger partial charge in [-0.25, -0.2) is 0 Å². The Bertz CT molecular complexity index is 358. The Kier molecular flexibility index (Phi) is 4.36. The van der Waals surface area contributed by atoms with Crippen molar-refractivity contribution in [3.05, 3.63) is 28.8 Å². The van der Waals surface area contributed by atoms with E-state index >= 15 is 0 Å². The molecule has 0 amide bonds. The lowest BCUT2D eigenvalue weighted by molar-refractivity contribution is 0.410. The van der Waals surface area contributed by atoms with Crippen LogP contribution in [0.25, 0.3) is 0 Å². The van der Waals surface area contributed by atoms with Gasteiger partial charge in [-0.3, -0.25) is 0 Å². The predicted molar refractivity (Wildman–Crippen MR) is 69.1 cm³/mol. The molecule has 0 saturated carbocycles. The lowest BCUT2D eigenvalue weighted by Gasteiger charge is -2.23. The lowest BCUT2D eigenvalue weighted by Crippen LogP contribution is -2.19. The number of rotatable bonds is 4. The van der Waals surface area contributed by atoms with Gasteiger partial charge in [-0.15, -0.1) is 0 Å². The number of hydrogen-bond donors (Lipinski definition) is 1. The Morgan fingerprint density at radius 3 is 2.25 bits per heavy atom. The second-order valence-corrected chi connectivity index (χ2v) is 4.69. The fraction of sp³-hybridized carbons (Fsp3) is 0.571. The summed E-state index contributed by atoms with van der Waals surface area (Å²) in [4.78, 5) is 0. The summed E-state index contributed by atoms with van der Waals surface area (Å²) >= 11 is 0. The van der Waals surface area contributed by atoms with Crippen LogP contribution in [0.2, 0.25) is 0 Å². The van der Waals surface area contributed by atoms with Crippen molar-refractivity contribution in [3.8, 4) is 5.75 Å². The molecule has 1 aromatic rings. The number of hydrogen-bond acceptors (Lipinski definition) is 2. The zero-order valence-corrected chi connectivity index (χ0v) is 11.0. The molecule has 1 aromatic carbocycles. The van der Waals surface area contributed by atoms with E-state index in [1.807, 2.05) is 6.07 Å². The topological polar surface area (TPSA) is 35.2 Å². The average molecular weight is 221 g/mol. The second-order valence-electron chi connectivity index (χ2n) is 4.69. The maximum absolute atomic E-state index is 5.86. The van der Waals surface area contributed by atoms with Gasteiger partial charge in [0.2, 0.25) is 0 Å². The first kappa shape index (κ1) is 13.0. The van der Waals surface area contributed by atoms with Gasteiger partial charge < -0.3 is 10.5 Å². The van der Waals surface area contributed by atoms with Gasteiger partial charge in [0.1, 0.15) is 5.75 Å². The summed E-state index contributed by atoms with van der Waals surface area (Å²) < 4.78 is 5.32. The molecule has 90 valence electrons. The van der Waals surface area contributed by atoms with Crippen LogP contribution >= 0.6 is 0 Å². The normalized spacial score (nSPS) is 12.9. The fourth-order valence-electron chi connectivity index (χ4n) is 2.20. The van der Waals surface area contributed by atoms with Crippen molar-refractivity contribution >= 4 is 0 Å². The molecular weight excluding hydrogens is 198 g/mol. The van der Waals surface area contributed by atoms with E-state index in [2.05, 4.69) is 33.8 Å². The molecule has 0 saturated heterocycles. The molecule has 2 N–H and O–H groups in total. The molecule has 0 spiro atoms. The zero-order chi connectivity index (χ0) is 12.3. The Morgan fingerprint density at radius 2 is 1.81 bits per heavy atom. The van der Waals surface area contributed by atoms with E-state index in [1.165, 1.54) is 16.7 Å². The van der Waals surface area contributed by atoms with E-state index in [9.17, 15) is 0 Å². The Hall–Kier alpha value is -1.02. The fourth-order valence-corrected chi connectivity index (χ4v) is 2.20. The molecule has 0 aliphatic rings. The van der Waals surface area contributed by atoms with E-state index in [0.717, 1.165) is 5.75 Å². The highest BCUT2D eigenvalue weighted by molar-refractivity contribution is 5.45. The monoisotopic (exact) mass is 221 g/mol. The van der Waals surface area contributed by atoms with Crippen molar-refractivity contribution in [2.75, 3.05) is 13.7 Å². The molecule has 0 aliphatic carbocycles. The average Bonchev–Trinajstić information content (AvgIpc) is 2.25. The standard InChI is InChI=1S/C14H23NO/c1-9(2)13(8-15)12-6-7-14(16-5)11(4)10(12)3/h6-7,9,13H,8,15H2,1-5H3. The molecule has 2 heteroatoms. The molecule has 2 nitrogen and oxygen atoms in total. The van der Waals surface area contributed by atoms with Gasteiger partial charge in [0.15, 0.2) is 0 Å². The Balaban J connectivity index is 3.20. The highest BCUT2D eigenvalue weighted by atomic mass is 16.5. The second kappa shape index (κ2) is 5.35. The number of nitrogens with two attached hydrogens (primary N) is 1. The van der Waals surface area contributed by atoms with Crippen LogP contribution in [-0.2, 0) is 0 Å². The van der Waals surface area contributed by atoms with Crippen LogP contribution in [0.1, 0.15) is 36.5 Å². The van der Waals surface area contributed by atoms with Crippen molar-refractivity contribution in [1.29, 1.82) is 0 Å². The quantitative estimate of drug-likeness (QED) is 0.848. The van der Waals surface area contributed by atoms with E-state index in [1.54, 1.807) is 7.11 Å². The van der Waals surface area contributed by atoms with Crippen molar-refractivity contribution in [2.24, 2.45) is 11.7 Å². The Labute approximate surface area is 98.8 Å². The molecular formula is C14H23NO. The molecule has 0 radical (unpaired) electrons. The third kappa shape index (κ3) is 2.38. The summed E-state index contributed by atoms with van der Waals surface area (Å²) in [5, 5.41) is 0. The SMILES string of the molecule is COc1ccc(C(CN)C(C)C)c(C)c1C. The number of ether oxygens (including phenoxy) is 1. The first-order chi connectivity index (χ1) is 7.52. The van der Waals surface area contributed by atoms with E-state index in [4.69, 9.17) is 10.5 Å². The van der Waals surface area contributed by atoms with Gasteiger partial charge in [-0.05, 0) is 55.0 Å². The first-order valence-electron chi connectivity index (χ1n) is 5.87. The molecule has 0 aromatic heterocycles. The van der Waals surface area contributed by atoms with E-state index < -0.39 is 0 Å². The van der Waals surface area contributed by atoms with Gasteiger partial charge >= 0.3 is 0 Å². The summed E-state index contributed by atoms with van der Waals surface area (Å²) in [6, 6.07) is 4.20. The lowest BCUT2D eigenvalue weighted by atomic mass is 9.84. The smallest absolute Gasteiger partial charge is 0.122 e. The maximum atomic E-state index is 5.86. The van der Waals surface area contributed by atoms with Crippen LogP contribution in [0.5, 0.6) is 5.75 Å². The summed E-state index contributed by atoms with van der Waals surface area (Å²) in [5.74, 6) is 1.96. The van der Waals surface area contributed by atoms with Gasteiger partial charge in [-0.2, -0.15) is 0 Å². The molecule has 16 heavy (non-hydrogen) atoms. The molecule has 1 rings (SSSR count). The number of benzene rings is 1. The minimum absolute atomic E-state index is 0.435. The van der Waals surface area contributed by atoms with Crippen LogP contribution in [0.3, 0.4) is 0 Å². The van der Waals surface area contributed by atoms with Crippen molar-refractivity contribution < 1.29 is 4.74 Å². The number of methoxy groups -OCH3 is 1. The summed E-state index contributed by atoms with van der Waals surface area (Å²) in [6.07, 6.45) is 0. The zero-order valence-electron chi connectivity index (χ0n) is 11.0. The molecule has 1 atom stereocenters. The largest absolute Gasteiger partial charge is 0.496 e. The van der Waals surface area contributed by atoms with Gasteiger partial charge in [0.25, 0.3) is 0 Å². The molecule has 1 unspecified atom stereocenters.